The number of nitrogens with one attached hydrogen (secondary N) is 1. The van der Waals surface area contributed by atoms with Crippen molar-refractivity contribution in [3.63, 3.8) is 0 Å². The minimum absolute atomic E-state index is 0.647. The van der Waals surface area contributed by atoms with Crippen molar-refractivity contribution in [2.45, 2.75) is 25.8 Å². The smallest absolute Gasteiger partial charge is 0.0589 e. The van der Waals surface area contributed by atoms with Gasteiger partial charge in [-0.15, -0.1) is 0 Å². The van der Waals surface area contributed by atoms with Gasteiger partial charge in [-0.3, -0.25) is 4.90 Å². The first-order chi connectivity index (χ1) is 8.31. The average molecular weight is 244 g/mol. The summed E-state index contributed by atoms with van der Waals surface area (Å²) in [6.07, 6.45) is 2.78. The molecule has 0 aliphatic heterocycles. The van der Waals surface area contributed by atoms with Gasteiger partial charge in [-0.05, 0) is 25.3 Å². The molecule has 4 heteroatoms. The highest BCUT2D eigenvalue weighted by atomic mass is 16.5. The van der Waals surface area contributed by atoms with Crippen LogP contribution >= 0.6 is 0 Å². The second-order valence-corrected chi connectivity index (χ2v) is 4.79. The number of hydrogen-bond acceptors (Lipinski definition) is 4. The molecule has 0 spiro atoms. The third kappa shape index (κ3) is 6.36. The molecule has 1 rings (SSSR count). The van der Waals surface area contributed by atoms with Crippen LogP contribution in [0.1, 0.15) is 19.8 Å². The van der Waals surface area contributed by atoms with Gasteiger partial charge in [-0.1, -0.05) is 6.92 Å². The lowest BCUT2D eigenvalue weighted by Gasteiger charge is -2.27. The molecule has 0 aromatic carbocycles. The fourth-order valence-electron chi connectivity index (χ4n) is 2.15. The average Bonchev–Trinajstić information content (AvgIpc) is 3.15. The van der Waals surface area contributed by atoms with E-state index in [1.54, 1.807) is 14.2 Å². The number of hydrogen-bond donors (Lipinski definition) is 1. The van der Waals surface area contributed by atoms with Crippen LogP contribution in [0.3, 0.4) is 0 Å². The van der Waals surface area contributed by atoms with E-state index in [2.05, 4.69) is 17.1 Å². The quantitative estimate of drug-likeness (QED) is 0.587. The molecular weight excluding hydrogens is 216 g/mol. The van der Waals surface area contributed by atoms with Gasteiger partial charge in [0.2, 0.25) is 0 Å². The molecule has 1 atom stereocenters. The van der Waals surface area contributed by atoms with Crippen LogP contribution in [-0.4, -0.2) is 64.6 Å². The van der Waals surface area contributed by atoms with Crippen LogP contribution in [0, 0.1) is 5.92 Å². The van der Waals surface area contributed by atoms with Gasteiger partial charge < -0.3 is 14.8 Å². The Morgan fingerprint density at radius 3 is 2.18 bits per heavy atom. The van der Waals surface area contributed by atoms with Crippen molar-refractivity contribution >= 4 is 0 Å². The molecular formula is C13H28N2O2. The van der Waals surface area contributed by atoms with Crippen molar-refractivity contribution in [1.82, 2.24) is 10.2 Å². The first kappa shape index (κ1) is 14.9. The molecule has 1 fully saturated rings. The lowest BCUT2D eigenvalue weighted by Crippen LogP contribution is -2.44. The van der Waals surface area contributed by atoms with E-state index < -0.39 is 0 Å². The summed E-state index contributed by atoms with van der Waals surface area (Å²) in [4.78, 5) is 2.44. The summed E-state index contributed by atoms with van der Waals surface area (Å²) in [6, 6.07) is 0.647. The second-order valence-electron chi connectivity index (χ2n) is 4.79. The molecule has 1 saturated carbocycles. The maximum absolute atomic E-state index is 5.17. The van der Waals surface area contributed by atoms with Crippen molar-refractivity contribution in [2.24, 2.45) is 5.92 Å². The number of rotatable bonds is 11. The van der Waals surface area contributed by atoms with Crippen LogP contribution in [-0.2, 0) is 9.47 Å². The number of nitrogens with zero attached hydrogens (tertiary/aromatic N) is 1. The van der Waals surface area contributed by atoms with Gasteiger partial charge in [0.05, 0.1) is 13.2 Å². The monoisotopic (exact) mass is 244 g/mol. The predicted octanol–water partition coefficient (Wildman–Crippen LogP) is 0.969. The van der Waals surface area contributed by atoms with Gasteiger partial charge in [0.25, 0.3) is 0 Å². The van der Waals surface area contributed by atoms with E-state index in [1.165, 1.54) is 12.8 Å². The van der Waals surface area contributed by atoms with Crippen LogP contribution in [0.15, 0.2) is 0 Å². The van der Waals surface area contributed by atoms with Crippen molar-refractivity contribution in [3.05, 3.63) is 0 Å². The Morgan fingerprint density at radius 2 is 1.76 bits per heavy atom. The number of ether oxygens (including phenoxy) is 2. The molecule has 4 nitrogen and oxygen atoms in total. The molecule has 0 saturated heterocycles. The molecule has 1 N–H and O–H groups in total. The Kier molecular flexibility index (Phi) is 7.77. The Hall–Kier alpha value is -0.160. The summed E-state index contributed by atoms with van der Waals surface area (Å²) in [5, 5.41) is 3.60. The zero-order chi connectivity index (χ0) is 12.5. The van der Waals surface area contributed by atoms with E-state index >= 15 is 0 Å². The highest BCUT2D eigenvalue weighted by Gasteiger charge is 2.31. The van der Waals surface area contributed by atoms with E-state index in [1.807, 2.05) is 0 Å². The van der Waals surface area contributed by atoms with Gasteiger partial charge in [0.15, 0.2) is 0 Å². The summed E-state index contributed by atoms with van der Waals surface area (Å²) in [5.74, 6) is 0.891. The Morgan fingerprint density at radius 1 is 1.18 bits per heavy atom. The number of likely N-dealkylation sites (N-methyl/N-ethyl adjacent to an activating group) is 1. The largest absolute Gasteiger partial charge is 0.383 e. The second kappa shape index (κ2) is 8.86. The normalized spacial score (nSPS) is 17.6. The van der Waals surface area contributed by atoms with Crippen molar-refractivity contribution in [3.8, 4) is 0 Å². The van der Waals surface area contributed by atoms with Gasteiger partial charge in [-0.25, -0.2) is 0 Å². The van der Waals surface area contributed by atoms with E-state index in [9.17, 15) is 0 Å². The minimum Gasteiger partial charge on any atom is -0.383 e. The van der Waals surface area contributed by atoms with E-state index in [-0.39, 0.29) is 0 Å². The molecule has 1 aliphatic carbocycles. The third-order valence-corrected chi connectivity index (χ3v) is 3.34. The van der Waals surface area contributed by atoms with Crippen molar-refractivity contribution in [1.29, 1.82) is 0 Å². The Bertz CT molecular complexity index is 178. The summed E-state index contributed by atoms with van der Waals surface area (Å²) in [5.41, 5.74) is 0. The van der Waals surface area contributed by atoms with E-state index in [0.717, 1.165) is 45.3 Å². The predicted molar refractivity (Wildman–Crippen MR) is 70.4 cm³/mol. The van der Waals surface area contributed by atoms with Crippen LogP contribution in [0.2, 0.25) is 0 Å². The molecule has 0 amide bonds. The van der Waals surface area contributed by atoms with Crippen LogP contribution < -0.4 is 5.32 Å². The highest BCUT2D eigenvalue weighted by molar-refractivity contribution is 4.88. The molecule has 0 aromatic heterocycles. The molecule has 0 bridgehead atoms. The minimum atomic E-state index is 0.647. The van der Waals surface area contributed by atoms with E-state index in [0.29, 0.717) is 6.04 Å². The lowest BCUT2D eigenvalue weighted by atomic mass is 10.1. The van der Waals surface area contributed by atoms with Crippen LogP contribution in [0.4, 0.5) is 0 Å². The third-order valence-electron chi connectivity index (χ3n) is 3.34. The zero-order valence-corrected chi connectivity index (χ0v) is 11.6. The SMILES string of the molecule is CCNC(CN(CCOC)CCOC)C1CC1. The summed E-state index contributed by atoms with van der Waals surface area (Å²) in [6.45, 7) is 7.95. The molecule has 1 unspecified atom stereocenters. The molecule has 0 heterocycles. The van der Waals surface area contributed by atoms with Gasteiger partial charge in [-0.2, -0.15) is 0 Å². The van der Waals surface area contributed by atoms with E-state index in [4.69, 9.17) is 9.47 Å². The Balaban J connectivity index is 2.31. The Labute approximate surface area is 106 Å². The topological polar surface area (TPSA) is 33.7 Å². The maximum atomic E-state index is 5.17. The number of methoxy groups -OCH3 is 2. The highest BCUT2D eigenvalue weighted by Crippen LogP contribution is 2.32. The van der Waals surface area contributed by atoms with Crippen LogP contribution in [0.25, 0.3) is 0 Å². The fraction of sp³-hybridized carbons (Fsp3) is 1.00. The standard InChI is InChI=1S/C13H28N2O2/c1-4-14-13(12-5-6-12)11-15(7-9-16-2)8-10-17-3/h12-14H,4-11H2,1-3H3. The van der Waals surface area contributed by atoms with Gasteiger partial charge in [0.1, 0.15) is 0 Å². The summed E-state index contributed by atoms with van der Waals surface area (Å²) < 4.78 is 10.3. The van der Waals surface area contributed by atoms with Crippen molar-refractivity contribution < 1.29 is 9.47 Å². The summed E-state index contributed by atoms with van der Waals surface area (Å²) in [7, 11) is 3.52. The zero-order valence-electron chi connectivity index (χ0n) is 11.6. The van der Waals surface area contributed by atoms with Crippen molar-refractivity contribution in [2.75, 3.05) is 53.6 Å². The molecule has 1 aliphatic rings. The fourth-order valence-corrected chi connectivity index (χ4v) is 2.15. The maximum Gasteiger partial charge on any atom is 0.0589 e. The van der Waals surface area contributed by atoms with Gasteiger partial charge in [0, 0.05) is 39.9 Å². The molecule has 0 aromatic rings. The summed E-state index contributed by atoms with van der Waals surface area (Å²) >= 11 is 0. The lowest BCUT2D eigenvalue weighted by molar-refractivity contribution is 0.106. The molecule has 17 heavy (non-hydrogen) atoms. The molecule has 0 radical (unpaired) electrons. The first-order valence-corrected chi connectivity index (χ1v) is 6.75. The first-order valence-electron chi connectivity index (χ1n) is 6.75. The molecule has 102 valence electrons. The van der Waals surface area contributed by atoms with Crippen LogP contribution in [0.5, 0.6) is 0 Å². The van der Waals surface area contributed by atoms with Gasteiger partial charge >= 0.3 is 0 Å².